The molecule has 18 heavy (non-hydrogen) atoms. The van der Waals surface area contributed by atoms with Crippen LogP contribution in [-0.2, 0) is 11.3 Å². The van der Waals surface area contributed by atoms with E-state index in [1.54, 1.807) is 26.3 Å². The number of methoxy groups -OCH3 is 1. The van der Waals surface area contributed by atoms with Gasteiger partial charge in [-0.2, -0.15) is 0 Å². The zero-order valence-electron chi connectivity index (χ0n) is 11.0. The number of nitrogens with one attached hydrogen (secondary N) is 2. The predicted molar refractivity (Wildman–Crippen MR) is 71.1 cm³/mol. The van der Waals surface area contributed by atoms with Gasteiger partial charge in [0.05, 0.1) is 6.61 Å². The molecule has 0 heterocycles. The van der Waals surface area contributed by atoms with Crippen LogP contribution in [0.5, 0.6) is 0 Å². The van der Waals surface area contributed by atoms with E-state index in [0.717, 1.165) is 5.56 Å². The lowest BCUT2D eigenvalue weighted by Crippen LogP contribution is -2.43. The van der Waals surface area contributed by atoms with E-state index in [2.05, 4.69) is 15.6 Å². The molecule has 5 heteroatoms. The third-order valence-corrected chi connectivity index (χ3v) is 2.40. The molecule has 0 aliphatic rings. The van der Waals surface area contributed by atoms with Crippen LogP contribution in [0.2, 0.25) is 0 Å². The highest BCUT2D eigenvalue weighted by Crippen LogP contribution is 2.01. The number of halogens is 1. The molecule has 1 aromatic rings. The molecule has 0 aromatic heterocycles. The average molecular weight is 253 g/mol. The molecular formula is C13H20FN3O. The highest BCUT2D eigenvalue weighted by Gasteiger charge is 2.04. The molecule has 4 nitrogen and oxygen atoms in total. The standard InChI is InChI=1S/C13H20FN3O/c1-10(9-18-3)17-13(15-2)16-8-11-4-6-12(14)7-5-11/h4-7,10H,8-9H2,1-3H3,(H2,15,16,17). The molecule has 0 fully saturated rings. The summed E-state index contributed by atoms with van der Waals surface area (Å²) in [6.07, 6.45) is 0. The lowest BCUT2D eigenvalue weighted by atomic mass is 10.2. The van der Waals surface area contributed by atoms with E-state index in [4.69, 9.17) is 4.74 Å². The molecule has 1 unspecified atom stereocenters. The Morgan fingerprint density at radius 1 is 1.39 bits per heavy atom. The number of ether oxygens (including phenoxy) is 1. The van der Waals surface area contributed by atoms with E-state index in [0.29, 0.717) is 19.1 Å². The Balaban J connectivity index is 2.42. The van der Waals surface area contributed by atoms with Gasteiger partial charge in [-0.05, 0) is 24.6 Å². The smallest absolute Gasteiger partial charge is 0.191 e. The minimum Gasteiger partial charge on any atom is -0.383 e. The van der Waals surface area contributed by atoms with Crippen molar-refractivity contribution in [3.05, 3.63) is 35.6 Å². The number of guanidine groups is 1. The third-order valence-electron chi connectivity index (χ3n) is 2.40. The average Bonchev–Trinajstić information content (AvgIpc) is 2.36. The van der Waals surface area contributed by atoms with Gasteiger partial charge < -0.3 is 15.4 Å². The van der Waals surface area contributed by atoms with Gasteiger partial charge in [-0.3, -0.25) is 4.99 Å². The molecule has 2 N–H and O–H groups in total. The number of hydrogen-bond acceptors (Lipinski definition) is 2. The first-order valence-electron chi connectivity index (χ1n) is 5.86. The fourth-order valence-corrected chi connectivity index (χ4v) is 1.51. The Hall–Kier alpha value is -1.62. The number of benzene rings is 1. The summed E-state index contributed by atoms with van der Waals surface area (Å²) in [7, 11) is 3.37. The quantitative estimate of drug-likeness (QED) is 0.618. The van der Waals surface area contributed by atoms with Crippen molar-refractivity contribution < 1.29 is 9.13 Å². The van der Waals surface area contributed by atoms with E-state index >= 15 is 0 Å². The van der Waals surface area contributed by atoms with E-state index in [9.17, 15) is 4.39 Å². The summed E-state index contributed by atoms with van der Waals surface area (Å²) in [5.41, 5.74) is 0.999. The van der Waals surface area contributed by atoms with Crippen LogP contribution in [-0.4, -0.2) is 32.8 Å². The molecule has 1 rings (SSSR count). The number of hydrogen-bond donors (Lipinski definition) is 2. The molecule has 1 atom stereocenters. The second kappa shape index (κ2) is 7.66. The fourth-order valence-electron chi connectivity index (χ4n) is 1.51. The van der Waals surface area contributed by atoms with Gasteiger partial charge in [-0.15, -0.1) is 0 Å². The van der Waals surface area contributed by atoms with Crippen molar-refractivity contribution in [1.29, 1.82) is 0 Å². The maximum absolute atomic E-state index is 12.7. The molecule has 0 radical (unpaired) electrons. The topological polar surface area (TPSA) is 45.7 Å². The summed E-state index contributed by atoms with van der Waals surface area (Å²) < 4.78 is 17.8. The molecule has 0 spiro atoms. The highest BCUT2D eigenvalue weighted by molar-refractivity contribution is 5.79. The first-order chi connectivity index (χ1) is 8.65. The molecular weight excluding hydrogens is 233 g/mol. The maximum atomic E-state index is 12.7. The van der Waals surface area contributed by atoms with Crippen LogP contribution >= 0.6 is 0 Å². The summed E-state index contributed by atoms with van der Waals surface area (Å²) in [4.78, 5) is 4.11. The van der Waals surface area contributed by atoms with Crippen LogP contribution in [0.15, 0.2) is 29.3 Å². The van der Waals surface area contributed by atoms with Crippen LogP contribution in [0.25, 0.3) is 0 Å². The van der Waals surface area contributed by atoms with Gasteiger partial charge >= 0.3 is 0 Å². The summed E-state index contributed by atoms with van der Waals surface area (Å²) in [5, 5.41) is 6.34. The van der Waals surface area contributed by atoms with Crippen molar-refractivity contribution in [2.45, 2.75) is 19.5 Å². The molecule has 0 amide bonds. The summed E-state index contributed by atoms with van der Waals surface area (Å²) >= 11 is 0. The zero-order chi connectivity index (χ0) is 13.4. The maximum Gasteiger partial charge on any atom is 0.191 e. The molecule has 1 aromatic carbocycles. The monoisotopic (exact) mass is 253 g/mol. The van der Waals surface area contributed by atoms with Crippen LogP contribution in [0.1, 0.15) is 12.5 Å². The van der Waals surface area contributed by atoms with Crippen molar-refractivity contribution in [3.63, 3.8) is 0 Å². The van der Waals surface area contributed by atoms with E-state index < -0.39 is 0 Å². The third kappa shape index (κ3) is 5.14. The molecule has 0 saturated heterocycles. The van der Waals surface area contributed by atoms with Gasteiger partial charge in [0.15, 0.2) is 5.96 Å². The Morgan fingerprint density at radius 3 is 2.61 bits per heavy atom. The van der Waals surface area contributed by atoms with Gasteiger partial charge in [0, 0.05) is 26.7 Å². The van der Waals surface area contributed by atoms with Crippen molar-refractivity contribution in [2.75, 3.05) is 20.8 Å². The van der Waals surface area contributed by atoms with Gasteiger partial charge in [-0.25, -0.2) is 4.39 Å². The van der Waals surface area contributed by atoms with Gasteiger partial charge in [0.1, 0.15) is 5.82 Å². The summed E-state index contributed by atoms with van der Waals surface area (Å²) in [6, 6.07) is 6.55. The number of aliphatic imine (C=N–C) groups is 1. The summed E-state index contributed by atoms with van der Waals surface area (Å²) in [6.45, 7) is 3.21. The zero-order valence-corrected chi connectivity index (χ0v) is 11.0. The molecule has 0 bridgehead atoms. The van der Waals surface area contributed by atoms with E-state index in [-0.39, 0.29) is 11.9 Å². The van der Waals surface area contributed by atoms with Crippen LogP contribution in [0.4, 0.5) is 4.39 Å². The number of rotatable bonds is 5. The van der Waals surface area contributed by atoms with Crippen molar-refractivity contribution in [1.82, 2.24) is 10.6 Å². The predicted octanol–water partition coefficient (Wildman–Crippen LogP) is 1.53. The molecule has 0 saturated carbocycles. The lowest BCUT2D eigenvalue weighted by molar-refractivity contribution is 0.179. The lowest BCUT2D eigenvalue weighted by Gasteiger charge is -2.17. The Kier molecular flexibility index (Phi) is 6.14. The Bertz CT molecular complexity index is 378. The Morgan fingerprint density at radius 2 is 2.06 bits per heavy atom. The second-order valence-electron chi connectivity index (χ2n) is 4.05. The van der Waals surface area contributed by atoms with Gasteiger partial charge in [-0.1, -0.05) is 12.1 Å². The van der Waals surface area contributed by atoms with E-state index in [1.165, 1.54) is 12.1 Å². The molecule has 100 valence electrons. The highest BCUT2D eigenvalue weighted by atomic mass is 19.1. The van der Waals surface area contributed by atoms with Crippen LogP contribution in [0, 0.1) is 5.82 Å². The summed E-state index contributed by atoms with van der Waals surface area (Å²) in [5.74, 6) is 0.471. The van der Waals surface area contributed by atoms with Crippen molar-refractivity contribution in [3.8, 4) is 0 Å². The molecule has 0 aliphatic heterocycles. The van der Waals surface area contributed by atoms with Crippen LogP contribution < -0.4 is 10.6 Å². The van der Waals surface area contributed by atoms with Crippen molar-refractivity contribution in [2.24, 2.45) is 4.99 Å². The first-order valence-corrected chi connectivity index (χ1v) is 5.86. The second-order valence-corrected chi connectivity index (χ2v) is 4.05. The SMILES string of the molecule is CN=C(NCc1ccc(F)cc1)NC(C)COC. The van der Waals surface area contributed by atoms with Crippen molar-refractivity contribution >= 4 is 5.96 Å². The van der Waals surface area contributed by atoms with Gasteiger partial charge in [0.25, 0.3) is 0 Å². The number of nitrogens with zero attached hydrogens (tertiary/aromatic N) is 1. The Labute approximate surface area is 107 Å². The fraction of sp³-hybridized carbons (Fsp3) is 0.462. The largest absolute Gasteiger partial charge is 0.383 e. The molecule has 0 aliphatic carbocycles. The first kappa shape index (κ1) is 14.4. The van der Waals surface area contributed by atoms with Gasteiger partial charge in [0.2, 0.25) is 0 Å². The minimum absolute atomic E-state index is 0.175. The van der Waals surface area contributed by atoms with Crippen LogP contribution in [0.3, 0.4) is 0 Å². The minimum atomic E-state index is -0.227. The normalized spacial score (nSPS) is 13.2. The van der Waals surface area contributed by atoms with E-state index in [1.807, 2.05) is 6.92 Å².